The number of nitrogens with two attached hydrogens (primary N) is 1. The van der Waals surface area contributed by atoms with Gasteiger partial charge < -0.3 is 20.5 Å². The third-order valence-electron chi connectivity index (χ3n) is 2.96. The zero-order chi connectivity index (χ0) is 16.7. The van der Waals surface area contributed by atoms with Crippen LogP contribution in [0, 0.1) is 0 Å². The van der Waals surface area contributed by atoms with Gasteiger partial charge in [-0.15, -0.1) is 0 Å². The number of amides is 1. The van der Waals surface area contributed by atoms with E-state index < -0.39 is 0 Å². The minimum absolute atomic E-state index is 0.110. The summed E-state index contributed by atoms with van der Waals surface area (Å²) in [5.41, 5.74) is 6.93. The average Bonchev–Trinajstić information content (AvgIpc) is 2.55. The van der Waals surface area contributed by atoms with Gasteiger partial charge >= 0.3 is 0 Å². The van der Waals surface area contributed by atoms with Crippen LogP contribution in [0.1, 0.15) is 12.5 Å². The zero-order valence-electron chi connectivity index (χ0n) is 12.7. The minimum Gasteiger partial charge on any atom is -0.490 e. The molecular weight excluding hydrogens is 312 g/mol. The van der Waals surface area contributed by atoms with Gasteiger partial charge in [0.15, 0.2) is 18.1 Å². The molecule has 2 aromatic rings. The number of hydrogen-bond donors (Lipinski definition) is 2. The maximum absolute atomic E-state index is 11.9. The quantitative estimate of drug-likeness (QED) is 0.764. The van der Waals surface area contributed by atoms with Gasteiger partial charge in [-0.25, -0.2) is 0 Å². The molecule has 120 valence electrons. The smallest absolute Gasteiger partial charge is 0.262 e. The number of hydrogen-bond acceptors (Lipinski definition) is 4. The van der Waals surface area contributed by atoms with Crippen LogP contribution in [0.3, 0.4) is 0 Å². The fraction of sp³-hybridized carbons (Fsp3) is 0.176. The van der Waals surface area contributed by atoms with Crippen molar-refractivity contribution in [1.82, 2.24) is 0 Å². The van der Waals surface area contributed by atoms with Crippen molar-refractivity contribution in [3.8, 4) is 11.5 Å². The molecule has 0 spiro atoms. The Bertz CT molecular complexity index is 686. The summed E-state index contributed by atoms with van der Waals surface area (Å²) in [6.45, 7) is 2.31. The van der Waals surface area contributed by atoms with Gasteiger partial charge in [0.05, 0.1) is 6.61 Å². The molecule has 0 unspecified atom stereocenters. The molecule has 0 aliphatic rings. The van der Waals surface area contributed by atoms with Crippen molar-refractivity contribution in [3.63, 3.8) is 0 Å². The topological polar surface area (TPSA) is 73.6 Å². The Balaban J connectivity index is 1.91. The molecule has 6 heteroatoms. The van der Waals surface area contributed by atoms with Crippen molar-refractivity contribution in [3.05, 3.63) is 54.1 Å². The van der Waals surface area contributed by atoms with Crippen LogP contribution in [-0.4, -0.2) is 24.1 Å². The number of rotatable bonds is 7. The summed E-state index contributed by atoms with van der Waals surface area (Å²) >= 11 is 4.88. The zero-order valence-corrected chi connectivity index (χ0v) is 13.6. The van der Waals surface area contributed by atoms with Crippen molar-refractivity contribution in [2.75, 3.05) is 18.5 Å². The largest absolute Gasteiger partial charge is 0.490 e. The van der Waals surface area contributed by atoms with E-state index in [4.69, 9.17) is 27.4 Å². The molecule has 0 fully saturated rings. The van der Waals surface area contributed by atoms with Gasteiger partial charge in [0, 0.05) is 11.3 Å². The number of thiocarbonyl (C=S) groups is 1. The Morgan fingerprint density at radius 2 is 1.70 bits per heavy atom. The highest BCUT2D eigenvalue weighted by molar-refractivity contribution is 7.80. The molecule has 2 rings (SSSR count). The molecule has 3 N–H and O–H groups in total. The molecule has 1 amide bonds. The fourth-order valence-electron chi connectivity index (χ4n) is 1.90. The Morgan fingerprint density at radius 3 is 2.26 bits per heavy atom. The average molecular weight is 330 g/mol. The first-order chi connectivity index (χ1) is 11.1. The Labute approximate surface area is 140 Å². The highest BCUT2D eigenvalue weighted by Crippen LogP contribution is 2.26. The Kier molecular flexibility index (Phi) is 5.94. The van der Waals surface area contributed by atoms with Crippen molar-refractivity contribution < 1.29 is 14.3 Å². The van der Waals surface area contributed by atoms with Crippen molar-refractivity contribution >= 4 is 28.8 Å². The second-order valence-corrected chi connectivity index (χ2v) is 5.10. The first kappa shape index (κ1) is 16.8. The van der Waals surface area contributed by atoms with Crippen LogP contribution in [-0.2, 0) is 4.79 Å². The number of para-hydroxylation sites is 2. The number of carbonyl (C=O) groups is 1. The van der Waals surface area contributed by atoms with Gasteiger partial charge in [0.25, 0.3) is 5.91 Å². The van der Waals surface area contributed by atoms with Crippen LogP contribution in [0.5, 0.6) is 11.5 Å². The van der Waals surface area contributed by atoms with E-state index >= 15 is 0 Å². The van der Waals surface area contributed by atoms with Crippen molar-refractivity contribution in [2.45, 2.75) is 6.92 Å². The summed E-state index contributed by atoms with van der Waals surface area (Å²) in [6.07, 6.45) is 0. The lowest BCUT2D eigenvalue weighted by Crippen LogP contribution is -2.20. The molecule has 0 heterocycles. The Hall–Kier alpha value is -2.60. The summed E-state index contributed by atoms with van der Waals surface area (Å²) < 4.78 is 11.0. The standard InChI is InChI=1S/C17H18N2O3S/c1-2-21-14-5-3-4-6-15(14)22-11-16(20)19-13-9-7-12(8-10-13)17(18)23/h3-10H,2,11H2,1H3,(H2,18,23)(H,19,20). The van der Waals surface area contributed by atoms with E-state index in [0.29, 0.717) is 28.8 Å². The highest BCUT2D eigenvalue weighted by atomic mass is 32.1. The number of anilines is 1. The number of nitrogens with one attached hydrogen (secondary N) is 1. The molecule has 0 aliphatic heterocycles. The lowest BCUT2D eigenvalue weighted by Gasteiger charge is -2.11. The normalized spacial score (nSPS) is 9.96. The van der Waals surface area contributed by atoms with Gasteiger partial charge in [-0.05, 0) is 43.3 Å². The number of benzene rings is 2. The number of ether oxygens (including phenoxy) is 2. The molecule has 0 saturated carbocycles. The van der Waals surface area contributed by atoms with Crippen LogP contribution >= 0.6 is 12.2 Å². The van der Waals surface area contributed by atoms with Gasteiger partial charge in [0.1, 0.15) is 4.99 Å². The summed E-state index contributed by atoms with van der Waals surface area (Å²) in [5.74, 6) is 0.885. The summed E-state index contributed by atoms with van der Waals surface area (Å²) in [4.78, 5) is 12.3. The van der Waals surface area contributed by atoms with Gasteiger partial charge in [-0.1, -0.05) is 24.4 Å². The molecule has 0 aliphatic carbocycles. The van der Waals surface area contributed by atoms with Crippen LogP contribution in [0.2, 0.25) is 0 Å². The highest BCUT2D eigenvalue weighted by Gasteiger charge is 2.08. The summed E-state index contributed by atoms with van der Waals surface area (Å²) in [6, 6.07) is 14.2. The second kappa shape index (κ2) is 8.14. The lowest BCUT2D eigenvalue weighted by atomic mass is 10.2. The monoisotopic (exact) mass is 330 g/mol. The molecule has 23 heavy (non-hydrogen) atoms. The first-order valence-corrected chi connectivity index (χ1v) is 7.55. The molecule has 0 aromatic heterocycles. The third kappa shape index (κ3) is 4.96. The van der Waals surface area contributed by atoms with Gasteiger partial charge in [0.2, 0.25) is 0 Å². The van der Waals surface area contributed by atoms with E-state index in [1.807, 2.05) is 19.1 Å². The maximum Gasteiger partial charge on any atom is 0.262 e. The van der Waals surface area contributed by atoms with Gasteiger partial charge in [-0.3, -0.25) is 4.79 Å². The maximum atomic E-state index is 11.9. The van der Waals surface area contributed by atoms with Crippen LogP contribution < -0.4 is 20.5 Å². The first-order valence-electron chi connectivity index (χ1n) is 7.14. The molecule has 0 saturated heterocycles. The van der Waals surface area contributed by atoms with E-state index in [2.05, 4.69) is 5.32 Å². The van der Waals surface area contributed by atoms with E-state index in [1.165, 1.54) is 0 Å². The van der Waals surface area contributed by atoms with E-state index in [9.17, 15) is 4.79 Å². The summed E-state index contributed by atoms with van der Waals surface area (Å²) in [7, 11) is 0. The molecule has 2 aromatic carbocycles. The molecule has 0 atom stereocenters. The fourth-order valence-corrected chi connectivity index (χ4v) is 2.04. The molecule has 5 nitrogen and oxygen atoms in total. The lowest BCUT2D eigenvalue weighted by molar-refractivity contribution is -0.118. The van der Waals surface area contributed by atoms with Crippen molar-refractivity contribution in [1.29, 1.82) is 0 Å². The van der Waals surface area contributed by atoms with Crippen LogP contribution in [0.15, 0.2) is 48.5 Å². The van der Waals surface area contributed by atoms with Crippen LogP contribution in [0.4, 0.5) is 5.69 Å². The van der Waals surface area contributed by atoms with Crippen LogP contribution in [0.25, 0.3) is 0 Å². The van der Waals surface area contributed by atoms with E-state index in [1.54, 1.807) is 36.4 Å². The number of carbonyl (C=O) groups excluding carboxylic acids is 1. The molecule has 0 radical (unpaired) electrons. The third-order valence-corrected chi connectivity index (χ3v) is 3.20. The predicted molar refractivity (Wildman–Crippen MR) is 94.1 cm³/mol. The molecular formula is C17H18N2O3S. The van der Waals surface area contributed by atoms with Gasteiger partial charge in [-0.2, -0.15) is 0 Å². The SMILES string of the molecule is CCOc1ccccc1OCC(=O)Nc1ccc(C(N)=S)cc1. The predicted octanol–water partition coefficient (Wildman–Crippen LogP) is 2.74. The second-order valence-electron chi connectivity index (χ2n) is 4.66. The van der Waals surface area contributed by atoms with Crippen molar-refractivity contribution in [2.24, 2.45) is 5.73 Å². The van der Waals surface area contributed by atoms with E-state index in [0.717, 1.165) is 5.56 Å². The minimum atomic E-state index is -0.264. The van der Waals surface area contributed by atoms with E-state index in [-0.39, 0.29) is 12.5 Å². The molecule has 0 bridgehead atoms. The Morgan fingerprint density at radius 1 is 1.09 bits per heavy atom. The summed E-state index contributed by atoms with van der Waals surface area (Å²) in [5, 5.41) is 2.74.